The van der Waals surface area contributed by atoms with Gasteiger partial charge in [-0.3, -0.25) is 4.99 Å². The van der Waals surface area contributed by atoms with Crippen molar-refractivity contribution in [2.75, 3.05) is 7.11 Å². The molecule has 0 unspecified atom stereocenters. The summed E-state index contributed by atoms with van der Waals surface area (Å²) in [5.74, 6) is 0.810. The summed E-state index contributed by atoms with van der Waals surface area (Å²) in [6.45, 7) is 7.16. The summed E-state index contributed by atoms with van der Waals surface area (Å²) in [4.78, 5) is 3.71. The second kappa shape index (κ2) is 4.79. The molecule has 2 heteroatoms. The highest BCUT2D eigenvalue weighted by Crippen LogP contribution is 2.02. The van der Waals surface area contributed by atoms with Gasteiger partial charge in [0.05, 0.1) is 7.11 Å². The third kappa shape index (κ3) is 3.07. The van der Waals surface area contributed by atoms with Gasteiger partial charge in [0.1, 0.15) is 5.76 Å². The van der Waals surface area contributed by atoms with E-state index >= 15 is 0 Å². The highest BCUT2D eigenvalue weighted by Gasteiger charge is 1.87. The average molecular weight is 139 g/mol. The van der Waals surface area contributed by atoms with Crippen molar-refractivity contribution in [2.45, 2.75) is 13.8 Å². The molecule has 0 amide bonds. The van der Waals surface area contributed by atoms with Crippen LogP contribution in [0, 0.1) is 0 Å². The Morgan fingerprint density at radius 1 is 1.60 bits per heavy atom. The first-order valence-electron chi connectivity index (χ1n) is 3.10. The van der Waals surface area contributed by atoms with Crippen LogP contribution in [-0.2, 0) is 4.74 Å². The number of allylic oxidation sites excluding steroid dienone is 3. The van der Waals surface area contributed by atoms with Gasteiger partial charge in [0.25, 0.3) is 0 Å². The molecule has 0 aliphatic rings. The topological polar surface area (TPSA) is 21.6 Å². The molecule has 0 aromatic rings. The van der Waals surface area contributed by atoms with E-state index < -0.39 is 0 Å². The molecule has 0 aromatic heterocycles. The second-order valence-electron chi connectivity index (χ2n) is 1.84. The van der Waals surface area contributed by atoms with Gasteiger partial charge < -0.3 is 4.74 Å². The van der Waals surface area contributed by atoms with Crippen LogP contribution in [0.1, 0.15) is 13.8 Å². The summed E-state index contributed by atoms with van der Waals surface area (Å²) in [5.41, 5.74) is 0.856. The summed E-state index contributed by atoms with van der Waals surface area (Å²) in [7, 11) is 1.63. The Labute approximate surface area is 61.9 Å². The maximum absolute atomic E-state index is 4.97. The van der Waals surface area contributed by atoms with Crippen LogP contribution in [0.2, 0.25) is 0 Å². The monoisotopic (exact) mass is 139 g/mol. The molecule has 0 aliphatic carbocycles. The van der Waals surface area contributed by atoms with E-state index in [1.165, 1.54) is 0 Å². The molecule has 0 atom stereocenters. The molecular weight excluding hydrogens is 126 g/mol. The molecule has 0 fully saturated rings. The largest absolute Gasteiger partial charge is 0.497 e. The zero-order chi connectivity index (χ0) is 7.98. The summed E-state index contributed by atoms with van der Waals surface area (Å²) < 4.78 is 4.97. The maximum atomic E-state index is 4.97. The molecule has 0 saturated carbocycles. The molecule has 0 radical (unpaired) electrons. The van der Waals surface area contributed by atoms with Gasteiger partial charge in [-0.25, -0.2) is 0 Å². The predicted molar refractivity (Wildman–Crippen MR) is 44.1 cm³/mol. The summed E-state index contributed by atoms with van der Waals surface area (Å²) in [5, 5.41) is 0. The summed E-state index contributed by atoms with van der Waals surface area (Å²) in [6, 6.07) is 0. The first-order chi connectivity index (χ1) is 4.74. The van der Waals surface area contributed by atoms with Crippen LogP contribution in [0.15, 0.2) is 28.6 Å². The lowest BCUT2D eigenvalue weighted by atomic mass is 10.3. The van der Waals surface area contributed by atoms with Crippen molar-refractivity contribution >= 4 is 6.72 Å². The van der Waals surface area contributed by atoms with Gasteiger partial charge in [0, 0.05) is 11.8 Å². The Balaban J connectivity index is 4.22. The Bertz CT molecular complexity index is 168. The zero-order valence-corrected chi connectivity index (χ0v) is 6.72. The minimum Gasteiger partial charge on any atom is -0.497 e. The smallest absolute Gasteiger partial charge is 0.116 e. The van der Waals surface area contributed by atoms with Gasteiger partial charge >= 0.3 is 0 Å². The van der Waals surface area contributed by atoms with E-state index in [2.05, 4.69) is 11.7 Å². The van der Waals surface area contributed by atoms with Crippen molar-refractivity contribution in [3.63, 3.8) is 0 Å². The van der Waals surface area contributed by atoms with E-state index in [0.717, 1.165) is 11.5 Å². The number of hydrogen-bond donors (Lipinski definition) is 0. The third-order valence-electron chi connectivity index (χ3n) is 1.12. The number of rotatable bonds is 3. The fraction of sp³-hybridized carbons (Fsp3) is 0.375. The molecule has 56 valence electrons. The van der Waals surface area contributed by atoms with E-state index in [4.69, 9.17) is 4.74 Å². The Hall–Kier alpha value is -1.05. The van der Waals surface area contributed by atoms with E-state index in [9.17, 15) is 0 Å². The van der Waals surface area contributed by atoms with Crippen molar-refractivity contribution in [1.82, 2.24) is 0 Å². The van der Waals surface area contributed by atoms with Crippen LogP contribution < -0.4 is 0 Å². The van der Waals surface area contributed by atoms with Crippen LogP contribution >= 0.6 is 0 Å². The molecule has 2 nitrogen and oxygen atoms in total. The SMILES string of the molecule is C=N/C(C)=C\C(=C\C)OC. The van der Waals surface area contributed by atoms with E-state index in [0.29, 0.717) is 0 Å². The predicted octanol–water partition coefficient (Wildman–Crippen LogP) is 2.14. The first-order valence-corrected chi connectivity index (χ1v) is 3.10. The normalized spacial score (nSPS) is 13.1. The lowest BCUT2D eigenvalue weighted by molar-refractivity contribution is 0.305. The van der Waals surface area contributed by atoms with E-state index in [1.807, 2.05) is 26.0 Å². The van der Waals surface area contributed by atoms with Gasteiger partial charge in [-0.05, 0) is 26.6 Å². The van der Waals surface area contributed by atoms with Crippen molar-refractivity contribution in [1.29, 1.82) is 0 Å². The maximum Gasteiger partial charge on any atom is 0.116 e. The molecule has 0 rings (SSSR count). The Morgan fingerprint density at radius 2 is 2.20 bits per heavy atom. The van der Waals surface area contributed by atoms with Gasteiger partial charge in [0.2, 0.25) is 0 Å². The Kier molecular flexibility index (Phi) is 4.29. The lowest BCUT2D eigenvalue weighted by Gasteiger charge is -1.98. The highest BCUT2D eigenvalue weighted by molar-refractivity contribution is 5.30. The number of hydrogen-bond acceptors (Lipinski definition) is 2. The zero-order valence-electron chi connectivity index (χ0n) is 6.72. The quantitative estimate of drug-likeness (QED) is 0.333. The van der Waals surface area contributed by atoms with E-state index in [1.54, 1.807) is 7.11 Å². The van der Waals surface area contributed by atoms with Crippen LogP contribution in [0.4, 0.5) is 0 Å². The van der Waals surface area contributed by atoms with Crippen LogP contribution in [0.5, 0.6) is 0 Å². The molecule has 0 aliphatic heterocycles. The van der Waals surface area contributed by atoms with Gasteiger partial charge in [-0.1, -0.05) is 0 Å². The van der Waals surface area contributed by atoms with Gasteiger partial charge in [0.15, 0.2) is 0 Å². The fourth-order valence-electron chi connectivity index (χ4n) is 0.512. The third-order valence-corrected chi connectivity index (χ3v) is 1.12. The fourth-order valence-corrected chi connectivity index (χ4v) is 0.512. The average Bonchev–Trinajstić information content (AvgIpc) is 1.99. The van der Waals surface area contributed by atoms with Gasteiger partial charge in [-0.2, -0.15) is 0 Å². The molecule has 0 N–H and O–H groups in total. The summed E-state index contributed by atoms with van der Waals surface area (Å²) in [6.07, 6.45) is 3.70. The number of nitrogens with zero attached hydrogens (tertiary/aromatic N) is 1. The molecule has 0 saturated heterocycles. The first kappa shape index (κ1) is 8.95. The lowest BCUT2D eigenvalue weighted by Crippen LogP contribution is -1.81. The number of ether oxygens (including phenoxy) is 1. The summed E-state index contributed by atoms with van der Waals surface area (Å²) >= 11 is 0. The Morgan fingerprint density at radius 3 is 2.50 bits per heavy atom. The highest BCUT2D eigenvalue weighted by atomic mass is 16.5. The molecule has 0 spiro atoms. The molecule has 0 aromatic carbocycles. The molecule has 0 bridgehead atoms. The minimum atomic E-state index is 0.810. The van der Waals surface area contributed by atoms with Crippen LogP contribution in [-0.4, -0.2) is 13.8 Å². The van der Waals surface area contributed by atoms with Crippen LogP contribution in [0.25, 0.3) is 0 Å². The molecule has 0 heterocycles. The van der Waals surface area contributed by atoms with E-state index in [-0.39, 0.29) is 0 Å². The van der Waals surface area contributed by atoms with Crippen molar-refractivity contribution in [3.8, 4) is 0 Å². The van der Waals surface area contributed by atoms with Gasteiger partial charge in [-0.15, -0.1) is 0 Å². The van der Waals surface area contributed by atoms with Crippen molar-refractivity contribution in [3.05, 3.63) is 23.6 Å². The number of methoxy groups -OCH3 is 1. The number of aliphatic imine (C=N–C) groups is 1. The minimum absolute atomic E-state index is 0.810. The van der Waals surface area contributed by atoms with Crippen molar-refractivity contribution < 1.29 is 4.74 Å². The second-order valence-corrected chi connectivity index (χ2v) is 1.84. The molecular formula is C8H13NO. The van der Waals surface area contributed by atoms with Crippen LogP contribution in [0.3, 0.4) is 0 Å². The molecule has 10 heavy (non-hydrogen) atoms. The van der Waals surface area contributed by atoms with Crippen molar-refractivity contribution in [2.24, 2.45) is 4.99 Å². The standard InChI is InChI=1S/C8H13NO/c1-5-8(10-4)6-7(2)9-3/h5-6H,3H2,1-2,4H3/b7-6-,8-5-.